The first kappa shape index (κ1) is 10.6. The van der Waals surface area contributed by atoms with Crippen molar-refractivity contribution in [2.75, 3.05) is 0 Å². The summed E-state index contributed by atoms with van der Waals surface area (Å²) in [4.78, 5) is 4.39. The Hall–Kier alpha value is -0.900. The third kappa shape index (κ3) is 2.04. The van der Waals surface area contributed by atoms with Gasteiger partial charge in [-0.05, 0) is 17.8 Å². The maximum absolute atomic E-state index is 6.04. The largest absolute Gasteiger partial charge is 0.338 e. The van der Waals surface area contributed by atoms with Gasteiger partial charge in [-0.2, -0.15) is 4.98 Å². The van der Waals surface area contributed by atoms with Crippen molar-refractivity contribution in [1.82, 2.24) is 10.1 Å². The highest BCUT2D eigenvalue weighted by atomic mass is 16.5. The molecule has 2 unspecified atom stereocenters. The molecule has 1 aromatic heterocycles. The lowest BCUT2D eigenvalue weighted by atomic mass is 9.87. The summed E-state index contributed by atoms with van der Waals surface area (Å²) in [5.41, 5.74) is 6.00. The molecule has 1 aliphatic carbocycles. The SMILES string of the molecule is CC1CC1c1noc([C@H](N)C(C)(C)C)n1. The first-order chi connectivity index (χ1) is 6.89. The molecular formula is C11H19N3O. The Morgan fingerprint density at radius 3 is 2.53 bits per heavy atom. The zero-order chi connectivity index (χ0) is 11.2. The molecule has 1 heterocycles. The van der Waals surface area contributed by atoms with Gasteiger partial charge in [0.25, 0.3) is 0 Å². The van der Waals surface area contributed by atoms with Crippen LogP contribution in [0.5, 0.6) is 0 Å². The fraction of sp³-hybridized carbons (Fsp3) is 0.818. The van der Waals surface area contributed by atoms with Crippen molar-refractivity contribution >= 4 is 0 Å². The summed E-state index contributed by atoms with van der Waals surface area (Å²) in [5, 5.41) is 4.00. The van der Waals surface area contributed by atoms with Crippen LogP contribution in [0.3, 0.4) is 0 Å². The van der Waals surface area contributed by atoms with Crippen LogP contribution in [0.25, 0.3) is 0 Å². The van der Waals surface area contributed by atoms with Crippen LogP contribution in [0.15, 0.2) is 4.52 Å². The molecule has 3 atom stereocenters. The van der Waals surface area contributed by atoms with Crippen LogP contribution in [0.1, 0.15) is 57.8 Å². The number of aromatic nitrogens is 2. The highest BCUT2D eigenvalue weighted by Gasteiger charge is 2.39. The van der Waals surface area contributed by atoms with Gasteiger partial charge < -0.3 is 10.3 Å². The van der Waals surface area contributed by atoms with Gasteiger partial charge in [-0.15, -0.1) is 0 Å². The van der Waals surface area contributed by atoms with Gasteiger partial charge in [0.1, 0.15) is 0 Å². The van der Waals surface area contributed by atoms with E-state index in [9.17, 15) is 0 Å². The summed E-state index contributed by atoms with van der Waals surface area (Å²) >= 11 is 0. The number of nitrogens with two attached hydrogens (primary N) is 1. The van der Waals surface area contributed by atoms with Crippen LogP contribution < -0.4 is 5.73 Å². The molecule has 1 saturated carbocycles. The molecule has 1 fully saturated rings. The van der Waals surface area contributed by atoms with Crippen LogP contribution in [0.4, 0.5) is 0 Å². The highest BCUT2D eigenvalue weighted by molar-refractivity contribution is 5.09. The Labute approximate surface area is 90.2 Å². The Kier molecular flexibility index (Phi) is 2.34. The van der Waals surface area contributed by atoms with E-state index in [2.05, 4.69) is 37.8 Å². The van der Waals surface area contributed by atoms with Crippen LogP contribution in [-0.2, 0) is 0 Å². The van der Waals surface area contributed by atoms with E-state index in [1.54, 1.807) is 0 Å². The predicted molar refractivity (Wildman–Crippen MR) is 57.2 cm³/mol. The topological polar surface area (TPSA) is 64.9 Å². The van der Waals surface area contributed by atoms with Crippen molar-refractivity contribution in [2.24, 2.45) is 17.1 Å². The normalized spacial score (nSPS) is 27.8. The maximum atomic E-state index is 6.04. The van der Waals surface area contributed by atoms with Crippen molar-refractivity contribution in [3.05, 3.63) is 11.7 Å². The molecule has 0 aromatic carbocycles. The Morgan fingerprint density at radius 1 is 1.47 bits per heavy atom. The second kappa shape index (κ2) is 3.30. The quantitative estimate of drug-likeness (QED) is 0.811. The number of hydrogen-bond donors (Lipinski definition) is 1. The van der Waals surface area contributed by atoms with Crippen LogP contribution >= 0.6 is 0 Å². The smallest absolute Gasteiger partial charge is 0.244 e. The van der Waals surface area contributed by atoms with Crippen molar-refractivity contribution < 1.29 is 4.52 Å². The molecule has 0 aliphatic heterocycles. The summed E-state index contributed by atoms with van der Waals surface area (Å²) < 4.78 is 5.22. The van der Waals surface area contributed by atoms with E-state index >= 15 is 0 Å². The zero-order valence-corrected chi connectivity index (χ0v) is 9.82. The minimum absolute atomic E-state index is 0.0427. The summed E-state index contributed by atoms with van der Waals surface area (Å²) in [6.45, 7) is 8.41. The van der Waals surface area contributed by atoms with Gasteiger partial charge in [0.15, 0.2) is 5.82 Å². The second-order valence-electron chi connectivity index (χ2n) is 5.65. The van der Waals surface area contributed by atoms with Gasteiger partial charge >= 0.3 is 0 Å². The lowest BCUT2D eigenvalue weighted by Crippen LogP contribution is -2.26. The van der Waals surface area contributed by atoms with Crippen molar-refractivity contribution in [2.45, 2.75) is 46.1 Å². The standard InChI is InChI=1S/C11H19N3O/c1-6-5-7(6)9-13-10(15-14-9)8(12)11(2,3)4/h6-8H,5,12H2,1-4H3/t6?,7?,8-/m0/s1. The third-order valence-corrected chi connectivity index (χ3v) is 3.10. The monoisotopic (exact) mass is 209 g/mol. The lowest BCUT2D eigenvalue weighted by molar-refractivity contribution is 0.252. The second-order valence-corrected chi connectivity index (χ2v) is 5.65. The number of hydrogen-bond acceptors (Lipinski definition) is 4. The fourth-order valence-electron chi connectivity index (χ4n) is 1.58. The summed E-state index contributed by atoms with van der Waals surface area (Å²) in [6, 6.07) is -0.187. The molecular weight excluding hydrogens is 190 g/mol. The number of nitrogens with zero attached hydrogens (tertiary/aromatic N) is 2. The first-order valence-corrected chi connectivity index (χ1v) is 5.48. The molecule has 0 spiro atoms. The predicted octanol–water partition coefficient (Wildman–Crippen LogP) is 2.24. The minimum atomic E-state index is -0.187. The average Bonchev–Trinajstić information content (AvgIpc) is 2.67. The lowest BCUT2D eigenvalue weighted by Gasteiger charge is -2.23. The van der Waals surface area contributed by atoms with E-state index in [0.717, 1.165) is 5.82 Å². The zero-order valence-electron chi connectivity index (χ0n) is 9.82. The molecule has 0 bridgehead atoms. The first-order valence-electron chi connectivity index (χ1n) is 5.48. The van der Waals surface area contributed by atoms with Gasteiger partial charge in [-0.25, -0.2) is 0 Å². The highest BCUT2D eigenvalue weighted by Crippen LogP contribution is 2.45. The van der Waals surface area contributed by atoms with Crippen LogP contribution in [-0.4, -0.2) is 10.1 Å². The molecule has 84 valence electrons. The molecule has 0 amide bonds. The maximum Gasteiger partial charge on any atom is 0.244 e. The summed E-state index contributed by atoms with van der Waals surface area (Å²) in [6.07, 6.45) is 1.17. The van der Waals surface area contributed by atoms with E-state index in [-0.39, 0.29) is 11.5 Å². The van der Waals surface area contributed by atoms with E-state index in [1.165, 1.54) is 6.42 Å². The van der Waals surface area contributed by atoms with Crippen LogP contribution in [0.2, 0.25) is 0 Å². The molecule has 1 aromatic rings. The van der Waals surface area contributed by atoms with Gasteiger partial charge in [0, 0.05) is 5.92 Å². The molecule has 4 nitrogen and oxygen atoms in total. The molecule has 4 heteroatoms. The fourth-order valence-corrected chi connectivity index (χ4v) is 1.58. The van der Waals surface area contributed by atoms with Crippen molar-refractivity contribution in [1.29, 1.82) is 0 Å². The Bertz CT molecular complexity index is 353. The van der Waals surface area contributed by atoms with E-state index in [0.29, 0.717) is 17.7 Å². The average molecular weight is 209 g/mol. The molecule has 1 aliphatic rings. The van der Waals surface area contributed by atoms with E-state index < -0.39 is 0 Å². The number of rotatable bonds is 2. The summed E-state index contributed by atoms with van der Waals surface area (Å²) in [7, 11) is 0. The molecule has 0 radical (unpaired) electrons. The Balaban J connectivity index is 2.13. The van der Waals surface area contributed by atoms with Gasteiger partial charge in [0.2, 0.25) is 5.89 Å². The van der Waals surface area contributed by atoms with Crippen molar-refractivity contribution in [3.63, 3.8) is 0 Å². The molecule has 2 N–H and O–H groups in total. The minimum Gasteiger partial charge on any atom is -0.338 e. The molecule has 0 saturated heterocycles. The van der Waals surface area contributed by atoms with Crippen LogP contribution in [0, 0.1) is 11.3 Å². The van der Waals surface area contributed by atoms with Gasteiger partial charge in [-0.1, -0.05) is 32.9 Å². The Morgan fingerprint density at radius 2 is 2.07 bits per heavy atom. The van der Waals surface area contributed by atoms with Crippen molar-refractivity contribution in [3.8, 4) is 0 Å². The van der Waals surface area contributed by atoms with Gasteiger partial charge in [-0.3, -0.25) is 0 Å². The van der Waals surface area contributed by atoms with Gasteiger partial charge in [0.05, 0.1) is 6.04 Å². The summed E-state index contributed by atoms with van der Waals surface area (Å²) in [5.74, 6) is 2.59. The van der Waals surface area contributed by atoms with E-state index in [1.807, 2.05) is 0 Å². The third-order valence-electron chi connectivity index (χ3n) is 3.10. The molecule has 2 rings (SSSR count). The van der Waals surface area contributed by atoms with E-state index in [4.69, 9.17) is 10.3 Å². The molecule has 15 heavy (non-hydrogen) atoms.